The lowest BCUT2D eigenvalue weighted by molar-refractivity contribution is 0.102. The molecule has 152 valence electrons. The van der Waals surface area contributed by atoms with E-state index in [1.54, 1.807) is 31.4 Å². The number of amides is 1. The molecule has 7 heteroatoms. The van der Waals surface area contributed by atoms with E-state index in [1.807, 2.05) is 24.3 Å². The van der Waals surface area contributed by atoms with Crippen LogP contribution in [-0.4, -0.2) is 22.7 Å². The van der Waals surface area contributed by atoms with Crippen LogP contribution in [0.5, 0.6) is 0 Å². The van der Waals surface area contributed by atoms with Gasteiger partial charge in [0.1, 0.15) is 5.69 Å². The van der Waals surface area contributed by atoms with Gasteiger partial charge in [0.05, 0.1) is 29.5 Å². The van der Waals surface area contributed by atoms with Gasteiger partial charge >= 0.3 is 0 Å². The van der Waals surface area contributed by atoms with Crippen LogP contribution in [0.15, 0.2) is 57.7 Å². The van der Waals surface area contributed by atoms with Crippen molar-refractivity contribution in [2.45, 2.75) is 26.4 Å². The molecule has 3 aromatic heterocycles. The number of aromatic nitrogens is 2. The lowest BCUT2D eigenvalue weighted by atomic mass is 10.1. The second-order valence-corrected chi connectivity index (χ2v) is 7.59. The van der Waals surface area contributed by atoms with Gasteiger partial charge in [-0.3, -0.25) is 4.79 Å². The van der Waals surface area contributed by atoms with Crippen molar-refractivity contribution < 1.29 is 18.5 Å². The van der Waals surface area contributed by atoms with Gasteiger partial charge in [0.2, 0.25) is 0 Å². The Kier molecular flexibility index (Phi) is 4.80. The van der Waals surface area contributed by atoms with E-state index in [0.717, 1.165) is 18.1 Å². The monoisotopic (exact) mass is 403 g/mol. The molecule has 4 aromatic rings. The smallest absolute Gasteiger partial charge is 0.259 e. The molecule has 0 aliphatic heterocycles. The molecule has 1 fully saturated rings. The number of nitrogens with one attached hydrogen (secondary N) is 1. The van der Waals surface area contributed by atoms with Gasteiger partial charge in [-0.2, -0.15) is 0 Å². The number of carbonyl (C=O) groups excluding carboxylic acids is 1. The minimum atomic E-state index is -0.266. The predicted octanol–water partition coefficient (Wildman–Crippen LogP) is 4.97. The summed E-state index contributed by atoms with van der Waals surface area (Å²) < 4.78 is 16.5. The largest absolute Gasteiger partial charge is 0.463 e. The van der Waals surface area contributed by atoms with Crippen LogP contribution in [0.1, 0.15) is 34.5 Å². The van der Waals surface area contributed by atoms with E-state index < -0.39 is 0 Å². The number of benzene rings is 1. The van der Waals surface area contributed by atoms with Gasteiger partial charge in [-0.1, -0.05) is 17.3 Å². The number of carbonyl (C=O) groups is 1. The maximum atomic E-state index is 13.2. The van der Waals surface area contributed by atoms with E-state index in [1.165, 1.54) is 12.8 Å². The van der Waals surface area contributed by atoms with Crippen molar-refractivity contribution in [3.05, 3.63) is 65.5 Å². The highest BCUT2D eigenvalue weighted by Gasteiger charge is 2.22. The SMILES string of the molecule is Cc1noc2nc(-c3ccco3)cc(C(=O)Nc3cccc(COCC4CC4)c3)c12. The molecule has 0 radical (unpaired) electrons. The minimum absolute atomic E-state index is 0.266. The molecule has 0 unspecified atom stereocenters. The van der Waals surface area contributed by atoms with E-state index in [0.29, 0.717) is 46.1 Å². The highest BCUT2D eigenvalue weighted by molar-refractivity contribution is 6.13. The molecule has 1 saturated carbocycles. The summed E-state index contributed by atoms with van der Waals surface area (Å²) in [6.45, 7) is 3.12. The Morgan fingerprint density at radius 2 is 2.13 bits per heavy atom. The summed E-state index contributed by atoms with van der Waals surface area (Å²) in [5, 5.41) is 7.53. The fraction of sp³-hybridized carbons (Fsp3) is 0.261. The molecule has 1 amide bonds. The molecular formula is C23H21N3O4. The zero-order valence-electron chi connectivity index (χ0n) is 16.6. The molecule has 0 bridgehead atoms. The summed E-state index contributed by atoms with van der Waals surface area (Å²) in [6, 6.07) is 12.9. The Morgan fingerprint density at radius 1 is 1.23 bits per heavy atom. The number of rotatable bonds is 7. The first-order valence-electron chi connectivity index (χ1n) is 9.96. The second-order valence-electron chi connectivity index (χ2n) is 7.59. The number of nitrogens with zero attached hydrogens (tertiary/aromatic N) is 2. The highest BCUT2D eigenvalue weighted by Crippen LogP contribution is 2.30. The Labute approximate surface area is 173 Å². The van der Waals surface area contributed by atoms with Crippen molar-refractivity contribution in [2.24, 2.45) is 5.92 Å². The average molecular weight is 403 g/mol. The lowest BCUT2D eigenvalue weighted by Crippen LogP contribution is -2.13. The van der Waals surface area contributed by atoms with Gasteiger partial charge < -0.3 is 19.0 Å². The third-order valence-electron chi connectivity index (χ3n) is 5.14. The average Bonchev–Trinajstić information content (AvgIpc) is 3.25. The molecule has 1 aromatic carbocycles. The number of hydrogen-bond acceptors (Lipinski definition) is 6. The van der Waals surface area contributed by atoms with E-state index in [2.05, 4.69) is 15.5 Å². The molecule has 7 nitrogen and oxygen atoms in total. The van der Waals surface area contributed by atoms with Crippen LogP contribution in [0.25, 0.3) is 22.6 Å². The number of hydrogen-bond donors (Lipinski definition) is 1. The van der Waals surface area contributed by atoms with Crippen molar-refractivity contribution in [2.75, 3.05) is 11.9 Å². The van der Waals surface area contributed by atoms with Crippen molar-refractivity contribution in [1.29, 1.82) is 0 Å². The van der Waals surface area contributed by atoms with Crippen LogP contribution in [0.3, 0.4) is 0 Å². The summed E-state index contributed by atoms with van der Waals surface area (Å²) in [4.78, 5) is 17.6. The summed E-state index contributed by atoms with van der Waals surface area (Å²) in [7, 11) is 0. The highest BCUT2D eigenvalue weighted by atomic mass is 16.5. The molecule has 3 heterocycles. The number of fused-ring (bicyclic) bond motifs is 1. The number of furan rings is 1. The van der Waals surface area contributed by atoms with Gasteiger partial charge in [-0.15, -0.1) is 0 Å². The summed E-state index contributed by atoms with van der Waals surface area (Å²) in [6.07, 6.45) is 4.08. The molecule has 1 N–H and O–H groups in total. The number of pyridine rings is 1. The van der Waals surface area contributed by atoms with E-state index in [9.17, 15) is 4.79 Å². The standard InChI is InChI=1S/C23H21N3O4/c1-14-21-18(11-19(20-6-3-9-29-20)25-23(21)30-26-14)22(27)24-17-5-2-4-16(10-17)13-28-12-15-7-8-15/h2-6,9-11,15H,7-8,12-13H2,1H3,(H,24,27). The molecule has 5 rings (SSSR count). The minimum Gasteiger partial charge on any atom is -0.463 e. The van der Waals surface area contributed by atoms with Gasteiger partial charge in [-0.05, 0) is 61.6 Å². The fourth-order valence-corrected chi connectivity index (χ4v) is 3.39. The second kappa shape index (κ2) is 7.76. The Balaban J connectivity index is 1.41. The zero-order valence-corrected chi connectivity index (χ0v) is 16.6. The van der Waals surface area contributed by atoms with Crippen LogP contribution in [0.4, 0.5) is 5.69 Å². The number of aryl methyl sites for hydroxylation is 1. The predicted molar refractivity (Wildman–Crippen MR) is 111 cm³/mol. The van der Waals surface area contributed by atoms with Crippen LogP contribution < -0.4 is 5.32 Å². The van der Waals surface area contributed by atoms with E-state index in [4.69, 9.17) is 13.7 Å². The third-order valence-corrected chi connectivity index (χ3v) is 5.14. The molecular weight excluding hydrogens is 382 g/mol. The Bertz CT molecular complexity index is 1190. The quantitative estimate of drug-likeness (QED) is 0.468. The molecule has 1 aliphatic rings. The molecule has 0 atom stereocenters. The van der Waals surface area contributed by atoms with Gasteiger partial charge in [0.15, 0.2) is 5.76 Å². The molecule has 30 heavy (non-hydrogen) atoms. The van der Waals surface area contributed by atoms with Crippen molar-refractivity contribution in [1.82, 2.24) is 10.1 Å². The van der Waals surface area contributed by atoms with Crippen LogP contribution in [-0.2, 0) is 11.3 Å². The van der Waals surface area contributed by atoms with Crippen molar-refractivity contribution in [3.63, 3.8) is 0 Å². The molecule has 0 spiro atoms. The van der Waals surface area contributed by atoms with E-state index >= 15 is 0 Å². The zero-order chi connectivity index (χ0) is 20.5. The number of anilines is 1. The first-order chi connectivity index (χ1) is 14.7. The summed E-state index contributed by atoms with van der Waals surface area (Å²) >= 11 is 0. The maximum Gasteiger partial charge on any atom is 0.259 e. The summed E-state index contributed by atoms with van der Waals surface area (Å²) in [5.41, 5.74) is 3.57. The van der Waals surface area contributed by atoms with Crippen LogP contribution in [0, 0.1) is 12.8 Å². The molecule has 0 saturated heterocycles. The Hall–Kier alpha value is -3.45. The summed E-state index contributed by atoms with van der Waals surface area (Å²) in [5.74, 6) is 1.00. The first kappa shape index (κ1) is 18.6. The maximum absolute atomic E-state index is 13.2. The van der Waals surface area contributed by atoms with Gasteiger partial charge in [-0.25, -0.2) is 4.98 Å². The van der Waals surface area contributed by atoms with Crippen molar-refractivity contribution >= 4 is 22.7 Å². The van der Waals surface area contributed by atoms with Crippen LogP contribution >= 0.6 is 0 Å². The fourth-order valence-electron chi connectivity index (χ4n) is 3.39. The van der Waals surface area contributed by atoms with E-state index in [-0.39, 0.29) is 5.91 Å². The number of ether oxygens (including phenoxy) is 1. The topological polar surface area (TPSA) is 90.4 Å². The lowest BCUT2D eigenvalue weighted by Gasteiger charge is -2.09. The molecule has 1 aliphatic carbocycles. The van der Waals surface area contributed by atoms with Crippen molar-refractivity contribution in [3.8, 4) is 11.5 Å². The normalized spacial score (nSPS) is 13.6. The van der Waals surface area contributed by atoms with Gasteiger partial charge in [0, 0.05) is 12.3 Å². The first-order valence-corrected chi connectivity index (χ1v) is 9.96. The van der Waals surface area contributed by atoms with Crippen LogP contribution in [0.2, 0.25) is 0 Å². The Morgan fingerprint density at radius 3 is 2.93 bits per heavy atom. The van der Waals surface area contributed by atoms with Gasteiger partial charge in [0.25, 0.3) is 11.6 Å². The third kappa shape index (κ3) is 3.84.